The molecule has 2 saturated carbocycles. The van der Waals surface area contributed by atoms with E-state index in [1.54, 1.807) is 11.8 Å². The number of benzene rings is 1. The molecule has 1 unspecified atom stereocenters. The smallest absolute Gasteiger partial charge is 0.367 e. The van der Waals surface area contributed by atoms with Crippen LogP contribution in [0.25, 0.3) is 0 Å². The third kappa shape index (κ3) is 6.02. The Hall–Kier alpha value is -2.19. The molecule has 2 aliphatic carbocycles. The van der Waals surface area contributed by atoms with E-state index in [0.29, 0.717) is 36.0 Å². The van der Waals surface area contributed by atoms with Gasteiger partial charge in [0.05, 0.1) is 17.2 Å². The van der Waals surface area contributed by atoms with Crippen LogP contribution in [0.1, 0.15) is 100 Å². The average Bonchev–Trinajstić information content (AvgIpc) is 3.15. The van der Waals surface area contributed by atoms with E-state index in [9.17, 15) is 31.1 Å². The summed E-state index contributed by atoms with van der Waals surface area (Å²) in [4.78, 5) is 15.0. The molecule has 1 aromatic rings. The summed E-state index contributed by atoms with van der Waals surface area (Å²) in [5, 5.41) is 3.04. The van der Waals surface area contributed by atoms with Crippen molar-refractivity contribution in [3.8, 4) is 0 Å². The van der Waals surface area contributed by atoms with Crippen molar-refractivity contribution in [2.24, 2.45) is 5.92 Å². The summed E-state index contributed by atoms with van der Waals surface area (Å²) in [5.41, 5.74) is -1.64. The molecular weight excluding hydrogens is 482 g/mol. The first kappa shape index (κ1) is 26.9. The highest BCUT2D eigenvalue weighted by Crippen LogP contribution is 2.46. The molecule has 1 aliphatic heterocycles. The second-order valence-corrected chi connectivity index (χ2v) is 10.5. The fourth-order valence-corrected chi connectivity index (χ4v) is 6.10. The van der Waals surface area contributed by atoms with Crippen LogP contribution < -0.4 is 5.32 Å². The van der Waals surface area contributed by atoms with Crippen LogP contribution in [0, 0.1) is 5.92 Å². The van der Waals surface area contributed by atoms with Gasteiger partial charge in [0.2, 0.25) is 5.91 Å². The van der Waals surface area contributed by atoms with Gasteiger partial charge >= 0.3 is 12.4 Å². The molecule has 2 fully saturated rings. The monoisotopic (exact) mass is 516 g/mol. The molecule has 1 amide bonds. The van der Waals surface area contributed by atoms with Gasteiger partial charge in [-0.1, -0.05) is 38.5 Å². The van der Waals surface area contributed by atoms with E-state index in [1.165, 1.54) is 0 Å². The van der Waals surface area contributed by atoms with E-state index >= 15 is 0 Å². The fraction of sp³-hybridized carbons (Fsp3) is 0.667. The Bertz CT molecular complexity index is 971. The molecule has 9 heteroatoms. The quantitative estimate of drug-likeness (QED) is 0.406. The Morgan fingerprint density at radius 3 is 2.11 bits per heavy atom. The number of hydrogen-bond acceptors (Lipinski definition) is 2. The van der Waals surface area contributed by atoms with Crippen LogP contribution >= 0.6 is 0 Å². The van der Waals surface area contributed by atoms with Gasteiger partial charge in [0.25, 0.3) is 0 Å². The molecule has 3 aliphatic rings. The van der Waals surface area contributed by atoms with E-state index in [0.717, 1.165) is 64.2 Å². The van der Waals surface area contributed by atoms with Crippen molar-refractivity contribution in [3.63, 3.8) is 0 Å². The zero-order chi connectivity index (χ0) is 26.1. The molecule has 0 aromatic heterocycles. The van der Waals surface area contributed by atoms with E-state index < -0.39 is 35.1 Å². The summed E-state index contributed by atoms with van der Waals surface area (Å²) in [6.45, 7) is 2.16. The standard InChI is InChI=1S/C27H34F6N2O/c1-17-21(25(36)34-20-10-6-3-7-11-20)15-24(35(17)16-18-8-4-2-5-9-18)22-14-19(26(28,29)30)12-13-23(22)27(31,32)33/h12-14,18,20,24H,2-11,15-16H2,1H3,(H,34,36). The number of halogens is 6. The predicted molar refractivity (Wildman–Crippen MR) is 125 cm³/mol. The van der Waals surface area contributed by atoms with Gasteiger partial charge in [0, 0.05) is 30.3 Å². The molecule has 0 radical (unpaired) electrons. The topological polar surface area (TPSA) is 32.3 Å². The second kappa shape index (κ2) is 10.7. The maximum absolute atomic E-state index is 14.0. The first-order valence-corrected chi connectivity index (χ1v) is 13.0. The minimum Gasteiger partial charge on any atom is -0.367 e. The first-order chi connectivity index (χ1) is 16.9. The lowest BCUT2D eigenvalue weighted by Crippen LogP contribution is -2.37. The van der Waals surface area contributed by atoms with Crippen LogP contribution in [0.2, 0.25) is 0 Å². The van der Waals surface area contributed by atoms with Gasteiger partial charge < -0.3 is 10.2 Å². The fourth-order valence-electron chi connectivity index (χ4n) is 6.10. The molecule has 1 N–H and O–H groups in total. The highest BCUT2D eigenvalue weighted by Gasteiger charge is 2.43. The van der Waals surface area contributed by atoms with E-state index in [4.69, 9.17) is 0 Å². The average molecular weight is 517 g/mol. The summed E-state index contributed by atoms with van der Waals surface area (Å²) in [6, 6.07) is 0.710. The minimum atomic E-state index is -4.81. The second-order valence-electron chi connectivity index (χ2n) is 10.5. The Morgan fingerprint density at radius 2 is 1.53 bits per heavy atom. The molecule has 3 nitrogen and oxygen atoms in total. The third-order valence-corrected chi connectivity index (χ3v) is 8.08. The van der Waals surface area contributed by atoms with Gasteiger partial charge in [0.1, 0.15) is 0 Å². The summed E-state index contributed by atoms with van der Waals surface area (Å²) >= 11 is 0. The van der Waals surface area contributed by atoms with Crippen LogP contribution in [0.5, 0.6) is 0 Å². The number of rotatable bonds is 5. The van der Waals surface area contributed by atoms with Crippen molar-refractivity contribution >= 4 is 5.91 Å². The molecule has 0 spiro atoms. The highest BCUT2D eigenvalue weighted by atomic mass is 19.4. The third-order valence-electron chi connectivity index (χ3n) is 8.08. The van der Waals surface area contributed by atoms with Gasteiger partial charge in [-0.2, -0.15) is 26.3 Å². The largest absolute Gasteiger partial charge is 0.416 e. The lowest BCUT2D eigenvalue weighted by atomic mass is 9.88. The Kier molecular flexibility index (Phi) is 7.95. The Morgan fingerprint density at radius 1 is 0.917 bits per heavy atom. The van der Waals surface area contributed by atoms with Crippen molar-refractivity contribution in [2.75, 3.05) is 6.54 Å². The molecule has 200 valence electrons. The van der Waals surface area contributed by atoms with Gasteiger partial charge in [-0.15, -0.1) is 0 Å². The number of amides is 1. The molecule has 1 aromatic carbocycles. The summed E-state index contributed by atoms with van der Waals surface area (Å²) in [5.74, 6) is -0.0758. The van der Waals surface area contributed by atoms with Crippen LogP contribution in [-0.2, 0) is 17.1 Å². The molecular formula is C27H34F6N2O. The van der Waals surface area contributed by atoms with E-state index in [-0.39, 0.29) is 24.3 Å². The SMILES string of the molecule is CC1=C(C(=O)NC2CCCCC2)CC(c2cc(C(F)(F)F)ccc2C(F)(F)F)N1CC1CCCCC1. The van der Waals surface area contributed by atoms with Gasteiger partial charge in [0.15, 0.2) is 0 Å². The minimum absolute atomic E-state index is 0.0247. The van der Waals surface area contributed by atoms with Crippen LogP contribution in [0.3, 0.4) is 0 Å². The molecule has 0 bridgehead atoms. The summed E-state index contributed by atoms with van der Waals surface area (Å²) < 4.78 is 82.5. The normalized spacial score (nSPS) is 22.9. The van der Waals surface area contributed by atoms with Gasteiger partial charge in [-0.05, 0) is 62.3 Å². The molecule has 36 heavy (non-hydrogen) atoms. The summed E-state index contributed by atoms with van der Waals surface area (Å²) in [6.07, 6.45) is 0.250. The number of hydrogen-bond donors (Lipinski definition) is 1. The van der Waals surface area contributed by atoms with Crippen molar-refractivity contribution in [1.82, 2.24) is 10.2 Å². The van der Waals surface area contributed by atoms with Crippen molar-refractivity contribution < 1.29 is 31.1 Å². The van der Waals surface area contributed by atoms with Gasteiger partial charge in [-0.25, -0.2) is 0 Å². The number of allylic oxidation sites excluding steroid dienone is 1. The number of alkyl halides is 6. The predicted octanol–water partition coefficient (Wildman–Crippen LogP) is 7.77. The number of nitrogens with one attached hydrogen (secondary N) is 1. The molecule has 1 atom stereocenters. The Labute approximate surface area is 208 Å². The lowest BCUT2D eigenvalue weighted by molar-refractivity contribution is -0.142. The van der Waals surface area contributed by atoms with Crippen LogP contribution in [-0.4, -0.2) is 23.4 Å². The van der Waals surface area contributed by atoms with Crippen LogP contribution in [0.15, 0.2) is 29.5 Å². The summed E-state index contributed by atoms with van der Waals surface area (Å²) in [7, 11) is 0. The maximum Gasteiger partial charge on any atom is 0.416 e. The molecule has 4 rings (SSSR count). The van der Waals surface area contributed by atoms with Crippen molar-refractivity contribution in [2.45, 2.75) is 102 Å². The molecule has 1 heterocycles. The van der Waals surface area contributed by atoms with E-state index in [2.05, 4.69) is 5.32 Å². The maximum atomic E-state index is 14.0. The number of nitrogens with zero attached hydrogens (tertiary/aromatic N) is 1. The number of carbonyl (C=O) groups excluding carboxylic acids is 1. The first-order valence-electron chi connectivity index (χ1n) is 13.0. The molecule has 0 saturated heterocycles. The van der Waals surface area contributed by atoms with E-state index in [1.807, 2.05) is 0 Å². The zero-order valence-electron chi connectivity index (χ0n) is 20.6. The van der Waals surface area contributed by atoms with Gasteiger partial charge in [-0.3, -0.25) is 4.79 Å². The zero-order valence-corrected chi connectivity index (χ0v) is 20.6. The highest BCUT2D eigenvalue weighted by molar-refractivity contribution is 5.95. The van der Waals surface area contributed by atoms with Crippen LogP contribution in [0.4, 0.5) is 26.3 Å². The number of carbonyl (C=O) groups is 1. The Balaban J connectivity index is 1.70. The lowest BCUT2D eigenvalue weighted by Gasteiger charge is -2.35. The van der Waals surface area contributed by atoms with Crippen molar-refractivity contribution in [3.05, 3.63) is 46.2 Å². The van der Waals surface area contributed by atoms with Crippen molar-refractivity contribution in [1.29, 1.82) is 0 Å².